The van der Waals surface area contributed by atoms with E-state index >= 15 is 0 Å². The molecule has 0 amide bonds. The van der Waals surface area contributed by atoms with Crippen molar-refractivity contribution in [3.8, 4) is 0 Å². The van der Waals surface area contributed by atoms with Gasteiger partial charge in [0.25, 0.3) is 10.0 Å². The molecule has 5 heteroatoms. The third-order valence-electron chi connectivity index (χ3n) is 3.09. The first kappa shape index (κ1) is 15.5. The molecule has 0 aliphatic rings. The summed E-state index contributed by atoms with van der Waals surface area (Å²) in [6.07, 6.45) is 0. The topological polar surface area (TPSA) is 49.4 Å². The second kappa shape index (κ2) is 6.28. The second-order valence-electron chi connectivity index (χ2n) is 5.31. The maximum absolute atomic E-state index is 12.4. The van der Waals surface area contributed by atoms with Gasteiger partial charge < -0.3 is 4.90 Å². The predicted octanol–water partition coefficient (Wildman–Crippen LogP) is 2.86. The maximum Gasteiger partial charge on any atom is 0.262 e. The Bertz CT molecular complexity index is 707. The normalized spacial score (nSPS) is 11.6. The molecule has 0 saturated carbocycles. The van der Waals surface area contributed by atoms with Gasteiger partial charge in [0.15, 0.2) is 0 Å². The van der Waals surface area contributed by atoms with Crippen molar-refractivity contribution in [2.45, 2.75) is 18.4 Å². The van der Waals surface area contributed by atoms with Crippen LogP contribution in [0.4, 0.5) is 5.69 Å². The van der Waals surface area contributed by atoms with Gasteiger partial charge in [0, 0.05) is 12.2 Å². The molecule has 0 aliphatic heterocycles. The van der Waals surface area contributed by atoms with Gasteiger partial charge in [-0.15, -0.1) is 0 Å². The second-order valence-corrected chi connectivity index (χ2v) is 6.96. The molecule has 2 aromatic carbocycles. The molecule has 0 spiro atoms. The molecule has 0 atom stereocenters. The lowest BCUT2D eigenvalue weighted by atomic mass is 10.2. The first-order chi connectivity index (χ1) is 9.88. The summed E-state index contributed by atoms with van der Waals surface area (Å²) in [5.74, 6) is 0. The highest BCUT2D eigenvalue weighted by Gasteiger charge is 2.16. The minimum Gasteiger partial charge on any atom is -0.305 e. The van der Waals surface area contributed by atoms with E-state index in [9.17, 15) is 8.42 Å². The molecule has 0 fully saturated rings. The highest BCUT2D eigenvalue weighted by Crippen LogP contribution is 2.19. The van der Waals surface area contributed by atoms with Gasteiger partial charge in [0.1, 0.15) is 0 Å². The van der Waals surface area contributed by atoms with E-state index in [0.29, 0.717) is 10.6 Å². The summed E-state index contributed by atoms with van der Waals surface area (Å²) in [5.41, 5.74) is 2.44. The molecule has 1 N–H and O–H groups in total. The SMILES string of the molecule is Cc1ccccc1S(=O)(=O)Nc1ccc(CN(C)C)cc1. The number of benzene rings is 2. The standard InChI is InChI=1S/C16H20N2O2S/c1-13-6-4-5-7-16(13)21(19,20)17-15-10-8-14(9-11-15)12-18(2)3/h4-11,17H,12H2,1-3H3. The Morgan fingerprint density at radius 1 is 1.00 bits per heavy atom. The quantitative estimate of drug-likeness (QED) is 0.924. The van der Waals surface area contributed by atoms with Crippen molar-refractivity contribution in [1.82, 2.24) is 4.90 Å². The summed E-state index contributed by atoms with van der Waals surface area (Å²) in [4.78, 5) is 2.37. The average Bonchev–Trinajstić information content (AvgIpc) is 2.40. The zero-order valence-corrected chi connectivity index (χ0v) is 13.3. The fourth-order valence-electron chi connectivity index (χ4n) is 2.11. The van der Waals surface area contributed by atoms with Crippen LogP contribution in [-0.4, -0.2) is 27.4 Å². The molecule has 0 aromatic heterocycles. The molecule has 2 rings (SSSR count). The van der Waals surface area contributed by atoms with Crippen LogP contribution >= 0.6 is 0 Å². The van der Waals surface area contributed by atoms with Crippen LogP contribution in [0.3, 0.4) is 0 Å². The van der Waals surface area contributed by atoms with Gasteiger partial charge in [0.05, 0.1) is 4.90 Å². The van der Waals surface area contributed by atoms with Gasteiger partial charge in [-0.2, -0.15) is 0 Å². The minimum atomic E-state index is -3.54. The number of anilines is 1. The number of aryl methyl sites for hydroxylation is 1. The zero-order chi connectivity index (χ0) is 15.5. The third kappa shape index (κ3) is 4.06. The van der Waals surface area contributed by atoms with Crippen molar-refractivity contribution in [3.05, 3.63) is 59.7 Å². The Morgan fingerprint density at radius 2 is 1.62 bits per heavy atom. The van der Waals surface area contributed by atoms with Gasteiger partial charge in [-0.05, 0) is 50.3 Å². The Kier molecular flexibility index (Phi) is 4.65. The van der Waals surface area contributed by atoms with E-state index < -0.39 is 10.0 Å². The van der Waals surface area contributed by atoms with Gasteiger partial charge in [-0.3, -0.25) is 4.72 Å². The van der Waals surface area contributed by atoms with E-state index in [4.69, 9.17) is 0 Å². The molecule has 112 valence electrons. The molecule has 21 heavy (non-hydrogen) atoms. The number of nitrogens with zero attached hydrogens (tertiary/aromatic N) is 1. The molecule has 2 aromatic rings. The fraction of sp³-hybridized carbons (Fsp3) is 0.250. The Balaban J connectivity index is 2.19. The molecule has 0 aliphatic carbocycles. The first-order valence-corrected chi connectivity index (χ1v) is 8.19. The Hall–Kier alpha value is -1.85. The van der Waals surface area contributed by atoms with Gasteiger partial charge in [0.2, 0.25) is 0 Å². The van der Waals surface area contributed by atoms with E-state index in [1.807, 2.05) is 32.3 Å². The molecule has 0 heterocycles. The summed E-state index contributed by atoms with van der Waals surface area (Å²) < 4.78 is 27.3. The molecule has 0 saturated heterocycles. The molecule has 4 nitrogen and oxygen atoms in total. The number of rotatable bonds is 5. The van der Waals surface area contributed by atoms with Crippen LogP contribution in [-0.2, 0) is 16.6 Å². The Morgan fingerprint density at radius 3 is 2.19 bits per heavy atom. The summed E-state index contributed by atoms with van der Waals surface area (Å²) in [6, 6.07) is 14.4. The number of sulfonamides is 1. The summed E-state index contributed by atoms with van der Waals surface area (Å²) in [6.45, 7) is 2.61. The number of nitrogens with one attached hydrogen (secondary N) is 1. The summed E-state index contributed by atoms with van der Waals surface area (Å²) >= 11 is 0. The van der Waals surface area contributed by atoms with E-state index in [1.165, 1.54) is 0 Å². The average molecular weight is 304 g/mol. The lowest BCUT2D eigenvalue weighted by Gasteiger charge is -2.12. The lowest BCUT2D eigenvalue weighted by molar-refractivity contribution is 0.402. The largest absolute Gasteiger partial charge is 0.305 e. The van der Waals surface area contributed by atoms with Crippen molar-refractivity contribution < 1.29 is 8.42 Å². The van der Waals surface area contributed by atoms with E-state index in [2.05, 4.69) is 9.62 Å². The summed E-state index contributed by atoms with van der Waals surface area (Å²) in [7, 11) is 0.449. The van der Waals surface area contributed by atoms with Crippen molar-refractivity contribution >= 4 is 15.7 Å². The van der Waals surface area contributed by atoms with Crippen LogP contribution in [0.25, 0.3) is 0 Å². The monoisotopic (exact) mass is 304 g/mol. The van der Waals surface area contributed by atoms with E-state index in [1.54, 1.807) is 37.3 Å². The van der Waals surface area contributed by atoms with Gasteiger partial charge >= 0.3 is 0 Å². The zero-order valence-electron chi connectivity index (χ0n) is 12.5. The highest BCUT2D eigenvalue weighted by atomic mass is 32.2. The summed E-state index contributed by atoms with van der Waals surface area (Å²) in [5, 5.41) is 0. The van der Waals surface area contributed by atoms with Crippen LogP contribution in [0, 0.1) is 6.92 Å². The maximum atomic E-state index is 12.4. The van der Waals surface area contributed by atoms with Crippen LogP contribution in [0.2, 0.25) is 0 Å². The molecular weight excluding hydrogens is 284 g/mol. The minimum absolute atomic E-state index is 0.308. The molecule has 0 bridgehead atoms. The van der Waals surface area contributed by atoms with Gasteiger partial charge in [-0.25, -0.2) is 8.42 Å². The highest BCUT2D eigenvalue weighted by molar-refractivity contribution is 7.92. The van der Waals surface area contributed by atoms with E-state index in [0.717, 1.165) is 17.7 Å². The van der Waals surface area contributed by atoms with Crippen molar-refractivity contribution in [2.24, 2.45) is 0 Å². The first-order valence-electron chi connectivity index (χ1n) is 6.70. The Labute approximate surface area is 126 Å². The van der Waals surface area contributed by atoms with Crippen molar-refractivity contribution in [3.63, 3.8) is 0 Å². The van der Waals surface area contributed by atoms with E-state index in [-0.39, 0.29) is 0 Å². The van der Waals surface area contributed by atoms with Crippen LogP contribution in [0.5, 0.6) is 0 Å². The van der Waals surface area contributed by atoms with Crippen molar-refractivity contribution in [1.29, 1.82) is 0 Å². The molecule has 0 unspecified atom stereocenters. The fourth-order valence-corrected chi connectivity index (χ4v) is 3.42. The lowest BCUT2D eigenvalue weighted by Crippen LogP contribution is -2.14. The predicted molar refractivity (Wildman–Crippen MR) is 85.8 cm³/mol. The number of hydrogen-bond donors (Lipinski definition) is 1. The van der Waals surface area contributed by atoms with Crippen LogP contribution in [0.1, 0.15) is 11.1 Å². The molecule has 0 radical (unpaired) electrons. The molecular formula is C16H20N2O2S. The van der Waals surface area contributed by atoms with Crippen molar-refractivity contribution in [2.75, 3.05) is 18.8 Å². The van der Waals surface area contributed by atoms with Gasteiger partial charge in [-0.1, -0.05) is 30.3 Å². The van der Waals surface area contributed by atoms with Crippen LogP contribution in [0.15, 0.2) is 53.4 Å². The number of hydrogen-bond acceptors (Lipinski definition) is 3. The van der Waals surface area contributed by atoms with Crippen LogP contribution < -0.4 is 4.72 Å². The smallest absolute Gasteiger partial charge is 0.262 e. The third-order valence-corrected chi connectivity index (χ3v) is 4.63.